The van der Waals surface area contributed by atoms with Gasteiger partial charge in [0.25, 0.3) is 5.91 Å². The summed E-state index contributed by atoms with van der Waals surface area (Å²) in [4.78, 5) is 12.0. The molecule has 1 rings (SSSR count). The fraction of sp³-hybridized carbons (Fsp3) is 0.588. The normalized spacial score (nSPS) is 10.7. The van der Waals surface area contributed by atoms with Crippen molar-refractivity contribution >= 4 is 11.6 Å². The first-order valence-corrected chi connectivity index (χ1v) is 7.79. The van der Waals surface area contributed by atoms with Gasteiger partial charge in [-0.15, -0.1) is 0 Å². The smallest absolute Gasteiger partial charge is 0.251 e. The molecular weight excluding hydrogens is 264 g/mol. The molecule has 0 saturated heterocycles. The van der Waals surface area contributed by atoms with Gasteiger partial charge < -0.3 is 15.4 Å². The maximum atomic E-state index is 12.0. The molecule has 0 aliphatic rings. The van der Waals surface area contributed by atoms with E-state index in [-0.39, 0.29) is 12.0 Å². The molecule has 21 heavy (non-hydrogen) atoms. The van der Waals surface area contributed by atoms with Crippen LogP contribution in [0.15, 0.2) is 18.2 Å². The van der Waals surface area contributed by atoms with E-state index in [9.17, 15) is 4.79 Å². The molecule has 4 nitrogen and oxygen atoms in total. The molecule has 0 aliphatic carbocycles. The number of carbonyl (C=O) groups excluding carboxylic acids is 1. The van der Waals surface area contributed by atoms with Crippen molar-refractivity contribution in [3.8, 4) is 0 Å². The number of unbranched alkanes of at least 4 members (excludes halogenated alkanes) is 1. The zero-order valence-corrected chi connectivity index (χ0v) is 13.7. The van der Waals surface area contributed by atoms with Crippen molar-refractivity contribution in [3.63, 3.8) is 0 Å². The van der Waals surface area contributed by atoms with Crippen LogP contribution in [0.5, 0.6) is 0 Å². The Labute approximate surface area is 128 Å². The van der Waals surface area contributed by atoms with Crippen LogP contribution in [0, 0.1) is 6.92 Å². The number of rotatable bonds is 9. The molecule has 1 aromatic rings. The van der Waals surface area contributed by atoms with Gasteiger partial charge in [0.1, 0.15) is 0 Å². The largest absolute Gasteiger partial charge is 0.385 e. The highest BCUT2D eigenvalue weighted by molar-refractivity contribution is 5.94. The summed E-state index contributed by atoms with van der Waals surface area (Å²) >= 11 is 0. The molecule has 0 radical (unpaired) electrons. The van der Waals surface area contributed by atoms with Crippen LogP contribution in [-0.4, -0.2) is 31.7 Å². The topological polar surface area (TPSA) is 50.4 Å². The second kappa shape index (κ2) is 9.40. The zero-order valence-electron chi connectivity index (χ0n) is 13.7. The van der Waals surface area contributed by atoms with Gasteiger partial charge in [-0.25, -0.2) is 0 Å². The monoisotopic (exact) mass is 292 g/mol. The average molecular weight is 292 g/mol. The molecule has 0 aromatic heterocycles. The van der Waals surface area contributed by atoms with Gasteiger partial charge in [-0.2, -0.15) is 0 Å². The third-order valence-corrected chi connectivity index (χ3v) is 3.16. The summed E-state index contributed by atoms with van der Waals surface area (Å²) in [5.74, 6) is -0.00840. The number of hydrogen-bond donors (Lipinski definition) is 2. The number of ether oxygens (including phenoxy) is 1. The number of amides is 1. The molecule has 1 amide bonds. The van der Waals surface area contributed by atoms with Crippen LogP contribution in [0.2, 0.25) is 0 Å². The highest BCUT2D eigenvalue weighted by Crippen LogP contribution is 2.16. The molecule has 0 atom stereocenters. The predicted octanol–water partition coefficient (Wildman–Crippen LogP) is 3.36. The summed E-state index contributed by atoms with van der Waals surface area (Å²) in [5, 5.41) is 6.22. The summed E-state index contributed by atoms with van der Waals surface area (Å²) in [5.41, 5.74) is 2.89. The van der Waals surface area contributed by atoms with E-state index < -0.39 is 0 Å². The van der Waals surface area contributed by atoms with Gasteiger partial charge in [-0.1, -0.05) is 0 Å². The number of anilines is 1. The Hall–Kier alpha value is -1.55. The van der Waals surface area contributed by atoms with Crippen LogP contribution in [0.25, 0.3) is 0 Å². The molecule has 0 aliphatic heterocycles. The van der Waals surface area contributed by atoms with Crippen LogP contribution in [-0.2, 0) is 4.74 Å². The van der Waals surface area contributed by atoms with E-state index >= 15 is 0 Å². The van der Waals surface area contributed by atoms with Crippen molar-refractivity contribution in [2.75, 3.05) is 25.0 Å². The van der Waals surface area contributed by atoms with Crippen molar-refractivity contribution in [1.29, 1.82) is 0 Å². The van der Waals surface area contributed by atoms with Crippen LogP contribution < -0.4 is 10.6 Å². The van der Waals surface area contributed by atoms with Gasteiger partial charge in [0.2, 0.25) is 0 Å². The number of carbonyl (C=O) groups is 1. The van der Waals surface area contributed by atoms with E-state index in [1.54, 1.807) is 0 Å². The Morgan fingerprint density at radius 3 is 2.67 bits per heavy atom. The van der Waals surface area contributed by atoms with Gasteiger partial charge in [-0.3, -0.25) is 4.79 Å². The molecule has 0 heterocycles. The summed E-state index contributed by atoms with van der Waals surface area (Å²) in [6.45, 7) is 10.5. The van der Waals surface area contributed by atoms with Crippen LogP contribution in [0.1, 0.15) is 49.5 Å². The van der Waals surface area contributed by atoms with Crippen LogP contribution >= 0.6 is 0 Å². The minimum absolute atomic E-state index is 0.00840. The molecule has 1 aromatic carbocycles. The Morgan fingerprint density at radius 1 is 1.29 bits per heavy atom. The fourth-order valence-electron chi connectivity index (χ4n) is 2.04. The average Bonchev–Trinajstić information content (AvgIpc) is 2.44. The summed E-state index contributed by atoms with van der Waals surface area (Å²) < 4.78 is 5.47. The summed E-state index contributed by atoms with van der Waals surface area (Å²) in [6.07, 6.45) is 2.18. The van der Waals surface area contributed by atoms with Gasteiger partial charge in [0, 0.05) is 30.9 Å². The summed E-state index contributed by atoms with van der Waals surface area (Å²) in [6, 6.07) is 5.75. The van der Waals surface area contributed by atoms with Gasteiger partial charge in [0.05, 0.1) is 6.10 Å². The number of hydrogen-bond acceptors (Lipinski definition) is 3. The van der Waals surface area contributed by atoms with Crippen molar-refractivity contribution in [2.24, 2.45) is 0 Å². The molecule has 0 bridgehead atoms. The molecule has 2 N–H and O–H groups in total. The molecule has 4 heteroatoms. The van der Waals surface area contributed by atoms with Crippen LogP contribution in [0.3, 0.4) is 0 Å². The van der Waals surface area contributed by atoms with E-state index in [4.69, 9.17) is 4.74 Å². The van der Waals surface area contributed by atoms with Gasteiger partial charge >= 0.3 is 0 Å². The summed E-state index contributed by atoms with van der Waals surface area (Å²) in [7, 11) is 0. The second-order valence-corrected chi connectivity index (χ2v) is 5.44. The zero-order chi connectivity index (χ0) is 15.7. The first-order valence-electron chi connectivity index (χ1n) is 7.79. The first kappa shape index (κ1) is 17.5. The molecule has 0 saturated carbocycles. The Kier molecular flexibility index (Phi) is 7.83. The molecule has 0 fully saturated rings. The Balaban J connectivity index is 2.33. The van der Waals surface area contributed by atoms with Crippen molar-refractivity contribution in [3.05, 3.63) is 29.3 Å². The highest BCUT2D eigenvalue weighted by atomic mass is 16.5. The van der Waals surface area contributed by atoms with Crippen molar-refractivity contribution < 1.29 is 9.53 Å². The molecule has 0 spiro atoms. The third kappa shape index (κ3) is 6.63. The minimum atomic E-state index is -0.00840. The number of nitrogens with one attached hydrogen (secondary N) is 2. The lowest BCUT2D eigenvalue weighted by molar-refractivity contribution is 0.0754. The van der Waals surface area contributed by atoms with E-state index in [0.29, 0.717) is 12.1 Å². The van der Waals surface area contributed by atoms with E-state index in [0.717, 1.165) is 37.2 Å². The first-order chi connectivity index (χ1) is 10.0. The fourth-order valence-corrected chi connectivity index (χ4v) is 2.04. The van der Waals surface area contributed by atoms with E-state index in [1.165, 1.54) is 0 Å². The molecule has 0 unspecified atom stereocenters. The maximum Gasteiger partial charge on any atom is 0.251 e. The Bertz CT molecular complexity index is 444. The van der Waals surface area contributed by atoms with Crippen molar-refractivity contribution in [1.82, 2.24) is 5.32 Å². The number of benzene rings is 1. The second-order valence-electron chi connectivity index (χ2n) is 5.44. The lowest BCUT2D eigenvalue weighted by atomic mass is 10.1. The standard InChI is InChI=1S/C17H28N2O2/c1-5-18-16-9-8-15(12-14(16)4)17(20)19-10-6-7-11-21-13(2)3/h8-9,12-13,18H,5-7,10-11H2,1-4H3,(H,19,20). The predicted molar refractivity (Wildman–Crippen MR) is 88.0 cm³/mol. The Morgan fingerprint density at radius 2 is 2.05 bits per heavy atom. The van der Waals surface area contributed by atoms with Gasteiger partial charge in [-0.05, 0) is 64.3 Å². The minimum Gasteiger partial charge on any atom is -0.385 e. The maximum absolute atomic E-state index is 12.0. The van der Waals surface area contributed by atoms with Crippen LogP contribution in [0.4, 0.5) is 5.69 Å². The lowest BCUT2D eigenvalue weighted by Gasteiger charge is -2.10. The third-order valence-electron chi connectivity index (χ3n) is 3.16. The van der Waals surface area contributed by atoms with E-state index in [2.05, 4.69) is 17.6 Å². The highest BCUT2D eigenvalue weighted by Gasteiger charge is 2.06. The lowest BCUT2D eigenvalue weighted by Crippen LogP contribution is -2.24. The molecular formula is C17H28N2O2. The number of aryl methyl sites for hydroxylation is 1. The van der Waals surface area contributed by atoms with E-state index in [1.807, 2.05) is 39.0 Å². The quantitative estimate of drug-likeness (QED) is 0.686. The van der Waals surface area contributed by atoms with Gasteiger partial charge in [0.15, 0.2) is 0 Å². The molecule has 118 valence electrons. The van der Waals surface area contributed by atoms with Crippen molar-refractivity contribution in [2.45, 2.75) is 46.6 Å². The SMILES string of the molecule is CCNc1ccc(C(=O)NCCCCOC(C)C)cc1C.